The fourth-order valence-electron chi connectivity index (χ4n) is 6.33. The molecule has 0 saturated carbocycles. The number of carbonyl (C=O) groups is 2. The van der Waals surface area contributed by atoms with E-state index in [2.05, 4.69) is 26.0 Å². The summed E-state index contributed by atoms with van der Waals surface area (Å²) < 4.78 is 271. The van der Waals surface area contributed by atoms with E-state index in [4.69, 9.17) is 0 Å². The molecule has 0 spiro atoms. The average molecular weight is 1090 g/mol. The molecule has 68 heavy (non-hydrogen) atoms. The van der Waals surface area contributed by atoms with E-state index in [0.717, 1.165) is 41.6 Å². The van der Waals surface area contributed by atoms with Gasteiger partial charge in [-0.25, -0.2) is 16.8 Å². The third kappa shape index (κ3) is 13.5. The van der Waals surface area contributed by atoms with Crippen LogP contribution >= 0.6 is 0 Å². The Balaban J connectivity index is 0.000000312. The van der Waals surface area contributed by atoms with Crippen molar-refractivity contribution in [3.05, 3.63) is 71.3 Å². The lowest BCUT2D eigenvalue weighted by molar-refractivity contribution is -0.382. The maximum absolute atomic E-state index is 12.6. The van der Waals surface area contributed by atoms with Crippen molar-refractivity contribution in [3.8, 4) is 0 Å². The van der Waals surface area contributed by atoms with Crippen molar-refractivity contribution in [1.82, 2.24) is 0 Å². The molecule has 0 N–H and O–H groups in total. The third-order valence-electron chi connectivity index (χ3n) is 10.5. The number of hydrogen-bond donors (Lipinski definition) is 0. The Hall–Kier alpha value is -2.96. The van der Waals surface area contributed by atoms with Crippen molar-refractivity contribution < 1.29 is 115 Å². The van der Waals surface area contributed by atoms with Crippen LogP contribution in [0.4, 0.5) is 79.0 Å². The molecule has 2 aliphatic heterocycles. The van der Waals surface area contributed by atoms with E-state index in [1.165, 1.54) is 54.3 Å². The van der Waals surface area contributed by atoms with E-state index in [-0.39, 0.29) is 0 Å². The Morgan fingerprint density at radius 1 is 0.588 bits per heavy atom. The predicted molar refractivity (Wildman–Crippen MR) is 211 cm³/mol. The lowest BCUT2D eigenvalue weighted by Crippen LogP contribution is -2.63. The second-order valence-electron chi connectivity index (χ2n) is 15.5. The number of ketones is 2. The summed E-state index contributed by atoms with van der Waals surface area (Å²) >= 11 is 0. The Labute approximate surface area is 383 Å². The third-order valence-corrected chi connectivity index (χ3v) is 17.8. The Morgan fingerprint density at radius 3 is 1.35 bits per heavy atom. The highest BCUT2D eigenvalue weighted by atomic mass is 32.2. The van der Waals surface area contributed by atoms with Gasteiger partial charge in [-0.1, -0.05) is 68.4 Å². The molecule has 2 fully saturated rings. The van der Waals surface area contributed by atoms with E-state index in [0.29, 0.717) is 38.6 Å². The first kappa shape index (κ1) is 61.2. The molecule has 0 amide bonds. The number of carbonyl (C=O) groups excluding carboxylic acids is 2. The van der Waals surface area contributed by atoms with Crippen LogP contribution < -0.4 is 0 Å². The first-order chi connectivity index (χ1) is 30.5. The number of benzene rings is 2. The first-order valence-corrected chi connectivity index (χ1v) is 25.5. The number of fused-ring (bicyclic) bond motifs is 1. The van der Waals surface area contributed by atoms with Gasteiger partial charge in [0.1, 0.15) is 23.0 Å². The minimum absolute atomic E-state index is 0.326. The van der Waals surface area contributed by atoms with Gasteiger partial charge in [-0.05, 0) is 59.5 Å². The quantitative estimate of drug-likeness (QED) is 0.0989. The molecule has 30 heteroatoms. The largest absolute Gasteiger partial charge is 0.743 e. The lowest BCUT2D eigenvalue weighted by atomic mass is 9.90. The van der Waals surface area contributed by atoms with Crippen LogP contribution in [0.1, 0.15) is 72.2 Å². The molecule has 3 atom stereocenters. The fourth-order valence-corrected chi connectivity index (χ4v) is 13.0. The summed E-state index contributed by atoms with van der Waals surface area (Å²) in [5.74, 6) is -21.4. The smallest absolute Gasteiger partial charge is 0.460 e. The van der Waals surface area contributed by atoms with Gasteiger partial charge in [0.25, 0.3) is 0 Å². The maximum atomic E-state index is 12.6. The number of halogens is 18. The van der Waals surface area contributed by atoms with Gasteiger partial charge >= 0.3 is 46.6 Å². The van der Waals surface area contributed by atoms with Crippen LogP contribution in [0, 0.1) is 11.8 Å². The highest BCUT2D eigenvalue weighted by Crippen LogP contribution is 2.55. The van der Waals surface area contributed by atoms with Crippen molar-refractivity contribution >= 4 is 53.6 Å². The number of alkyl halides is 18. The summed E-state index contributed by atoms with van der Waals surface area (Å²) in [5, 5.41) is -13.9. The molecule has 2 aromatic rings. The molecule has 8 nitrogen and oxygen atoms in total. The minimum Gasteiger partial charge on any atom is -0.743 e. The Morgan fingerprint density at radius 2 is 0.971 bits per heavy atom. The van der Waals surface area contributed by atoms with Gasteiger partial charge in [-0.2, -0.15) is 79.0 Å². The Bertz CT molecular complexity index is 2150. The molecular weight excluding hydrogens is 1050 g/mol. The highest BCUT2D eigenvalue weighted by Gasteiger charge is 2.85. The van der Waals surface area contributed by atoms with E-state index >= 15 is 0 Å². The fraction of sp³-hybridized carbons (Fsp3) is 0.632. The molecule has 3 unspecified atom stereocenters. The normalized spacial score (nSPS) is 21.7. The highest BCUT2D eigenvalue weighted by molar-refractivity contribution is 7.98. The van der Waals surface area contributed by atoms with E-state index in [9.17, 15) is 115 Å². The van der Waals surface area contributed by atoms with Crippen molar-refractivity contribution in [2.24, 2.45) is 11.8 Å². The maximum Gasteiger partial charge on any atom is 0.460 e. The van der Waals surface area contributed by atoms with Crippen LogP contribution in [-0.2, 0) is 48.4 Å². The second kappa shape index (κ2) is 22.2. The van der Waals surface area contributed by atoms with Crippen LogP contribution in [0.5, 0.6) is 0 Å². The van der Waals surface area contributed by atoms with Crippen LogP contribution in [0.3, 0.4) is 0 Å². The standard InChI is InChI=1S/C16H21OS.C14H19OS.2C4HF9O3S/c1-11-9-18(10-12(11)2)15-8-7-13-5-3-4-6-14(13)16(15)17;15-14(13-8-4-3-5-9-13)12-16-10-6-1-2-7-11-16;2*5-1(6,3(9,10)11)2(7,8)4(12,13)17(14,15)16/h3-6,11-12,15H,7-10H2,1-2H3;3-5,8-9H,1-2,6-7,10-12H2;2*(H,14,15,16)/q2*+1;;/p-2. The number of rotatable bonds is 10. The molecule has 2 aromatic carbocycles. The summed E-state index contributed by atoms with van der Waals surface area (Å²) in [6.45, 7) is 4.69. The molecular formula is C38H40F18O8S4. The molecule has 0 aromatic heterocycles. The summed E-state index contributed by atoms with van der Waals surface area (Å²) in [5.41, 5.74) is 3.16. The second-order valence-corrected chi connectivity index (χ2v) is 23.0. The van der Waals surface area contributed by atoms with Crippen LogP contribution in [0.15, 0.2) is 54.6 Å². The van der Waals surface area contributed by atoms with Crippen molar-refractivity contribution in [1.29, 1.82) is 0 Å². The summed E-state index contributed by atoms with van der Waals surface area (Å²) in [6.07, 6.45) is -6.77. The van der Waals surface area contributed by atoms with Gasteiger partial charge in [-0.15, -0.1) is 0 Å². The van der Waals surface area contributed by atoms with Crippen molar-refractivity contribution in [2.75, 3.05) is 28.8 Å². The van der Waals surface area contributed by atoms with E-state index in [1.54, 1.807) is 0 Å². The summed E-state index contributed by atoms with van der Waals surface area (Å²) in [4.78, 5) is 24.7. The van der Waals surface area contributed by atoms with Gasteiger partial charge in [0, 0.05) is 29.4 Å². The zero-order chi connectivity index (χ0) is 52.9. The zero-order valence-electron chi connectivity index (χ0n) is 34.9. The number of aryl methyl sites for hydroxylation is 1. The molecule has 2 heterocycles. The molecule has 3 aliphatic rings. The van der Waals surface area contributed by atoms with Crippen molar-refractivity contribution in [2.45, 2.75) is 104 Å². The molecule has 5 rings (SSSR count). The number of Topliss-reactive ketones (excluding diaryl/α,β-unsaturated/α-hetero) is 2. The van der Waals surface area contributed by atoms with Gasteiger partial charge in [0.15, 0.2) is 31.2 Å². The van der Waals surface area contributed by atoms with Gasteiger partial charge < -0.3 is 9.11 Å². The Kier molecular flexibility index (Phi) is 20.0. The SMILES string of the molecule is CC1C[S+](C2CCc3ccccc3C2=O)CC1C.O=C(C[S+]1CCCCCC1)c1ccccc1.O=S(=O)([O-])C(F)(F)C(F)(F)C(F)(F)C(F)(F)F.O=S(=O)([O-])C(F)(F)C(F)(F)C(F)(F)C(F)(F)F. The summed E-state index contributed by atoms with van der Waals surface area (Å²) in [7, 11) is -14.1. The van der Waals surface area contributed by atoms with Crippen LogP contribution in [0.25, 0.3) is 0 Å². The monoisotopic (exact) mass is 1090 g/mol. The zero-order valence-corrected chi connectivity index (χ0v) is 38.2. The van der Waals surface area contributed by atoms with E-state index in [1.807, 2.05) is 42.5 Å². The van der Waals surface area contributed by atoms with E-state index < -0.39 is 66.8 Å². The topological polar surface area (TPSA) is 149 Å². The molecule has 1 aliphatic carbocycles. The van der Waals surface area contributed by atoms with Gasteiger partial charge in [0.05, 0.1) is 0 Å². The first-order valence-electron chi connectivity index (χ1n) is 19.3. The molecule has 2 saturated heterocycles. The van der Waals surface area contributed by atoms with Gasteiger partial charge in [-0.3, -0.25) is 9.59 Å². The minimum atomic E-state index is -7.43. The predicted octanol–water partition coefficient (Wildman–Crippen LogP) is 10.1. The number of hydrogen-bond acceptors (Lipinski definition) is 8. The van der Waals surface area contributed by atoms with Crippen LogP contribution in [-0.4, -0.2) is 118 Å². The lowest BCUT2D eigenvalue weighted by Gasteiger charge is -2.34. The van der Waals surface area contributed by atoms with Crippen LogP contribution in [0.2, 0.25) is 0 Å². The summed E-state index contributed by atoms with van der Waals surface area (Å²) in [6, 6.07) is 17.9. The van der Waals surface area contributed by atoms with Crippen molar-refractivity contribution in [3.63, 3.8) is 0 Å². The molecule has 0 bridgehead atoms. The average Bonchev–Trinajstić information content (AvgIpc) is 3.36. The molecule has 0 radical (unpaired) electrons. The van der Waals surface area contributed by atoms with Gasteiger partial charge in [0.2, 0.25) is 11.6 Å². The molecule has 390 valence electrons.